The van der Waals surface area contributed by atoms with E-state index < -0.39 is 30.1 Å². The van der Waals surface area contributed by atoms with Gasteiger partial charge in [-0.15, -0.1) is 0 Å². The fraction of sp³-hybridized carbons (Fsp3) is 0.417. The number of hydrogen-bond acceptors (Lipinski definition) is 4. The lowest BCUT2D eigenvalue weighted by molar-refractivity contribution is -0.166. The summed E-state index contributed by atoms with van der Waals surface area (Å²) in [5.74, 6) is -5.67. The molecule has 0 radical (unpaired) electrons. The minimum Gasteiger partial charge on any atom is -0.445 e. The van der Waals surface area contributed by atoms with Gasteiger partial charge in [-0.25, -0.2) is 4.79 Å². The van der Waals surface area contributed by atoms with E-state index in [0.29, 0.717) is 12.0 Å². The Morgan fingerprint density at radius 3 is 2.19 bits per heavy atom. The van der Waals surface area contributed by atoms with Gasteiger partial charge >= 0.3 is 12.0 Å². The molecule has 0 fully saturated rings. The molecule has 0 heterocycles. The standard InChI is InChI=1S/C24H30F2N2O4/c1-2-3-10-15-27-22(30)24(25,26)21(29)20(16-18-11-6-4-7-12-18)28-23(31)32-17-19-13-8-5-9-14-19/h4-9,11-14,20-21,29H,2-3,10,15-17H2,1H3,(H,27,30)(H,28,31). The smallest absolute Gasteiger partial charge is 0.407 e. The number of benzene rings is 2. The molecule has 0 saturated carbocycles. The monoisotopic (exact) mass is 448 g/mol. The number of rotatable bonds is 12. The summed E-state index contributed by atoms with van der Waals surface area (Å²) >= 11 is 0. The molecule has 0 aliphatic rings. The molecular weight excluding hydrogens is 418 g/mol. The Hall–Kier alpha value is -3.00. The van der Waals surface area contributed by atoms with Crippen molar-refractivity contribution in [3.8, 4) is 0 Å². The van der Waals surface area contributed by atoms with Crippen LogP contribution in [0, 0.1) is 0 Å². The summed E-state index contributed by atoms with van der Waals surface area (Å²) in [7, 11) is 0. The second kappa shape index (κ2) is 12.8. The molecular formula is C24H30F2N2O4. The zero-order chi connectivity index (χ0) is 23.4. The summed E-state index contributed by atoms with van der Waals surface area (Å²) < 4.78 is 34.5. The van der Waals surface area contributed by atoms with E-state index in [1.165, 1.54) is 0 Å². The van der Waals surface area contributed by atoms with E-state index in [-0.39, 0.29) is 19.6 Å². The lowest BCUT2D eigenvalue weighted by Gasteiger charge is -2.29. The summed E-state index contributed by atoms with van der Waals surface area (Å²) in [5.41, 5.74) is 1.33. The topological polar surface area (TPSA) is 87.7 Å². The van der Waals surface area contributed by atoms with Crippen LogP contribution < -0.4 is 10.6 Å². The van der Waals surface area contributed by atoms with Gasteiger partial charge in [0.25, 0.3) is 5.91 Å². The van der Waals surface area contributed by atoms with Crippen molar-refractivity contribution in [2.45, 2.75) is 57.3 Å². The summed E-state index contributed by atoms with van der Waals surface area (Å²) in [4.78, 5) is 24.3. The van der Waals surface area contributed by atoms with E-state index in [1.54, 1.807) is 54.6 Å². The molecule has 2 unspecified atom stereocenters. The van der Waals surface area contributed by atoms with Crippen LogP contribution in [0.4, 0.5) is 13.6 Å². The number of ether oxygens (including phenoxy) is 1. The van der Waals surface area contributed by atoms with Crippen LogP contribution >= 0.6 is 0 Å². The van der Waals surface area contributed by atoms with Crippen molar-refractivity contribution in [3.05, 3.63) is 71.8 Å². The normalized spacial score (nSPS) is 13.1. The number of hydrogen-bond donors (Lipinski definition) is 3. The third kappa shape index (κ3) is 7.92. The van der Waals surface area contributed by atoms with Crippen LogP contribution in [0.3, 0.4) is 0 Å². The number of halogens is 2. The zero-order valence-corrected chi connectivity index (χ0v) is 18.1. The summed E-state index contributed by atoms with van der Waals surface area (Å²) in [5, 5.41) is 14.9. The first-order chi connectivity index (χ1) is 15.3. The van der Waals surface area contributed by atoms with Crippen molar-refractivity contribution in [2.24, 2.45) is 0 Å². The first kappa shape index (κ1) is 25.3. The number of aliphatic hydroxyl groups excluding tert-OH is 1. The minimum absolute atomic E-state index is 0.0604. The van der Waals surface area contributed by atoms with Crippen molar-refractivity contribution in [3.63, 3.8) is 0 Å². The van der Waals surface area contributed by atoms with E-state index in [4.69, 9.17) is 4.74 Å². The van der Waals surface area contributed by atoms with Gasteiger partial charge in [0, 0.05) is 6.54 Å². The molecule has 6 nitrogen and oxygen atoms in total. The molecule has 0 bridgehead atoms. The Kier molecular flexibility index (Phi) is 10.1. The number of nitrogens with one attached hydrogen (secondary N) is 2. The molecule has 2 atom stereocenters. The highest BCUT2D eigenvalue weighted by Crippen LogP contribution is 2.24. The van der Waals surface area contributed by atoms with Gasteiger partial charge in [-0.2, -0.15) is 8.78 Å². The Balaban J connectivity index is 2.07. The molecule has 0 aliphatic carbocycles. The van der Waals surface area contributed by atoms with Gasteiger partial charge in [-0.1, -0.05) is 80.4 Å². The van der Waals surface area contributed by atoms with Crippen molar-refractivity contribution in [1.82, 2.24) is 10.6 Å². The highest BCUT2D eigenvalue weighted by atomic mass is 19.3. The van der Waals surface area contributed by atoms with Gasteiger partial charge in [-0.05, 0) is 24.0 Å². The highest BCUT2D eigenvalue weighted by molar-refractivity contribution is 5.84. The molecule has 174 valence electrons. The quantitative estimate of drug-likeness (QED) is 0.431. The average Bonchev–Trinajstić information content (AvgIpc) is 2.80. The fourth-order valence-electron chi connectivity index (χ4n) is 3.11. The number of carbonyl (C=O) groups is 2. The number of alkyl carbamates (subject to hydrolysis) is 1. The average molecular weight is 449 g/mol. The molecule has 3 N–H and O–H groups in total. The van der Waals surface area contributed by atoms with Crippen LogP contribution in [0.2, 0.25) is 0 Å². The van der Waals surface area contributed by atoms with E-state index in [1.807, 2.05) is 13.0 Å². The molecule has 2 rings (SSSR count). The van der Waals surface area contributed by atoms with Crippen LogP contribution in [-0.2, 0) is 22.6 Å². The first-order valence-corrected chi connectivity index (χ1v) is 10.7. The maximum atomic E-state index is 14.7. The molecule has 0 saturated heterocycles. The molecule has 2 amide bonds. The summed E-state index contributed by atoms with van der Waals surface area (Å²) in [6.07, 6.45) is -1.29. The predicted octanol–water partition coefficient (Wildman–Crippen LogP) is 3.83. The molecule has 0 aliphatic heterocycles. The number of aliphatic hydroxyl groups is 1. The minimum atomic E-state index is -4.10. The van der Waals surface area contributed by atoms with E-state index >= 15 is 0 Å². The maximum absolute atomic E-state index is 14.7. The fourth-order valence-corrected chi connectivity index (χ4v) is 3.11. The lowest BCUT2D eigenvalue weighted by atomic mass is 9.96. The molecule has 2 aromatic carbocycles. The van der Waals surface area contributed by atoms with Crippen LogP contribution in [0.5, 0.6) is 0 Å². The summed E-state index contributed by atoms with van der Waals surface area (Å²) in [6.45, 7) is 1.98. The third-order valence-corrected chi connectivity index (χ3v) is 4.94. The van der Waals surface area contributed by atoms with Gasteiger partial charge in [-0.3, -0.25) is 4.79 Å². The second-order valence-electron chi connectivity index (χ2n) is 7.53. The van der Waals surface area contributed by atoms with E-state index in [9.17, 15) is 23.5 Å². The molecule has 2 aromatic rings. The van der Waals surface area contributed by atoms with Gasteiger partial charge < -0.3 is 20.5 Å². The van der Waals surface area contributed by atoms with Crippen LogP contribution in [0.15, 0.2) is 60.7 Å². The Morgan fingerprint density at radius 2 is 1.59 bits per heavy atom. The van der Waals surface area contributed by atoms with Crippen LogP contribution in [0.25, 0.3) is 0 Å². The highest BCUT2D eigenvalue weighted by Gasteiger charge is 2.50. The predicted molar refractivity (Wildman–Crippen MR) is 117 cm³/mol. The van der Waals surface area contributed by atoms with Gasteiger partial charge in [0.15, 0.2) is 0 Å². The van der Waals surface area contributed by atoms with Crippen molar-refractivity contribution >= 4 is 12.0 Å². The van der Waals surface area contributed by atoms with Crippen LogP contribution in [0.1, 0.15) is 37.3 Å². The Morgan fingerprint density at radius 1 is 1.00 bits per heavy atom. The third-order valence-electron chi connectivity index (χ3n) is 4.94. The second-order valence-corrected chi connectivity index (χ2v) is 7.53. The largest absolute Gasteiger partial charge is 0.445 e. The molecule has 0 aromatic heterocycles. The van der Waals surface area contributed by atoms with Gasteiger partial charge in [0.1, 0.15) is 12.7 Å². The first-order valence-electron chi connectivity index (χ1n) is 10.7. The molecule has 32 heavy (non-hydrogen) atoms. The van der Waals surface area contributed by atoms with E-state index in [2.05, 4.69) is 10.6 Å². The SMILES string of the molecule is CCCCCNC(=O)C(F)(F)C(O)C(Cc1ccccc1)NC(=O)OCc1ccccc1. The number of unbranched alkanes of at least 4 members (excludes halogenated alkanes) is 2. The lowest BCUT2D eigenvalue weighted by Crippen LogP contribution is -2.58. The molecule has 0 spiro atoms. The van der Waals surface area contributed by atoms with Gasteiger partial charge in [0.2, 0.25) is 0 Å². The Bertz CT molecular complexity index is 834. The summed E-state index contributed by atoms with van der Waals surface area (Å²) in [6, 6.07) is 16.0. The van der Waals surface area contributed by atoms with Crippen LogP contribution in [-0.4, -0.2) is 41.7 Å². The molecule has 8 heteroatoms. The Labute approximate surface area is 187 Å². The number of carbonyl (C=O) groups excluding carboxylic acids is 2. The maximum Gasteiger partial charge on any atom is 0.407 e. The van der Waals surface area contributed by atoms with Crippen molar-refractivity contribution < 1.29 is 28.2 Å². The number of amides is 2. The number of alkyl halides is 2. The van der Waals surface area contributed by atoms with Crippen molar-refractivity contribution in [2.75, 3.05) is 6.54 Å². The zero-order valence-electron chi connectivity index (χ0n) is 18.1. The van der Waals surface area contributed by atoms with Gasteiger partial charge in [0.05, 0.1) is 6.04 Å². The van der Waals surface area contributed by atoms with Crippen molar-refractivity contribution in [1.29, 1.82) is 0 Å². The van der Waals surface area contributed by atoms with E-state index in [0.717, 1.165) is 18.4 Å².